The quantitative estimate of drug-likeness (QED) is 0.907. The van der Waals surface area contributed by atoms with Gasteiger partial charge in [0.1, 0.15) is 5.82 Å². The van der Waals surface area contributed by atoms with Gasteiger partial charge < -0.3 is 10.1 Å². The molecule has 2 unspecified atom stereocenters. The standard InChI is InChI=1S/C17H26FNO/c1-12(10-13-6-8-14(18)9-7-13)19-15-11-16(2,3)20-17(15,4)5/h6-9,12,15,19H,10-11H2,1-5H3. The van der Waals surface area contributed by atoms with E-state index in [4.69, 9.17) is 4.74 Å². The van der Waals surface area contributed by atoms with Crippen molar-refractivity contribution in [3.8, 4) is 0 Å². The molecular weight excluding hydrogens is 253 g/mol. The van der Waals surface area contributed by atoms with Crippen molar-refractivity contribution in [3.63, 3.8) is 0 Å². The Morgan fingerprint density at radius 2 is 1.85 bits per heavy atom. The highest BCUT2D eigenvalue weighted by molar-refractivity contribution is 5.17. The third-order valence-electron chi connectivity index (χ3n) is 4.02. The molecule has 0 spiro atoms. The Labute approximate surface area is 121 Å². The monoisotopic (exact) mass is 279 g/mol. The highest BCUT2D eigenvalue weighted by Gasteiger charge is 2.45. The van der Waals surface area contributed by atoms with Gasteiger partial charge in [-0.25, -0.2) is 4.39 Å². The Balaban J connectivity index is 1.94. The molecule has 1 aliphatic heterocycles. The predicted octanol–water partition coefficient (Wildman–Crippen LogP) is 3.69. The molecule has 0 bridgehead atoms. The van der Waals surface area contributed by atoms with Crippen LogP contribution in [0.25, 0.3) is 0 Å². The maximum absolute atomic E-state index is 12.9. The van der Waals surface area contributed by atoms with Crippen LogP contribution in [0, 0.1) is 5.82 Å². The van der Waals surface area contributed by atoms with Gasteiger partial charge >= 0.3 is 0 Å². The van der Waals surface area contributed by atoms with Gasteiger partial charge in [-0.15, -0.1) is 0 Å². The summed E-state index contributed by atoms with van der Waals surface area (Å²) in [4.78, 5) is 0. The summed E-state index contributed by atoms with van der Waals surface area (Å²) in [6.07, 6.45) is 1.90. The van der Waals surface area contributed by atoms with Crippen LogP contribution in [0.3, 0.4) is 0 Å². The van der Waals surface area contributed by atoms with Gasteiger partial charge in [0, 0.05) is 12.1 Å². The Kier molecular flexibility index (Phi) is 4.22. The van der Waals surface area contributed by atoms with Crippen LogP contribution in [0.1, 0.15) is 46.6 Å². The number of ether oxygens (including phenoxy) is 1. The van der Waals surface area contributed by atoms with Crippen molar-refractivity contribution >= 4 is 0 Å². The van der Waals surface area contributed by atoms with E-state index >= 15 is 0 Å². The van der Waals surface area contributed by atoms with E-state index in [0.717, 1.165) is 18.4 Å². The fourth-order valence-corrected chi connectivity index (χ4v) is 3.20. The van der Waals surface area contributed by atoms with Crippen molar-refractivity contribution in [2.75, 3.05) is 0 Å². The van der Waals surface area contributed by atoms with Crippen LogP contribution in [0.4, 0.5) is 4.39 Å². The van der Waals surface area contributed by atoms with Gasteiger partial charge in [-0.3, -0.25) is 0 Å². The Morgan fingerprint density at radius 3 is 2.35 bits per heavy atom. The second kappa shape index (κ2) is 5.45. The van der Waals surface area contributed by atoms with E-state index in [1.54, 1.807) is 0 Å². The first kappa shape index (κ1) is 15.5. The summed E-state index contributed by atoms with van der Waals surface area (Å²) < 4.78 is 19.0. The van der Waals surface area contributed by atoms with Gasteiger partial charge in [-0.05, 0) is 65.2 Å². The summed E-state index contributed by atoms with van der Waals surface area (Å²) in [6.45, 7) is 10.7. The molecule has 1 aromatic rings. The Hall–Kier alpha value is -0.930. The van der Waals surface area contributed by atoms with Crippen LogP contribution < -0.4 is 5.32 Å². The molecule has 1 aromatic carbocycles. The maximum atomic E-state index is 12.9. The third-order valence-corrected chi connectivity index (χ3v) is 4.02. The fraction of sp³-hybridized carbons (Fsp3) is 0.647. The topological polar surface area (TPSA) is 21.3 Å². The Morgan fingerprint density at radius 1 is 1.25 bits per heavy atom. The first-order valence-electron chi connectivity index (χ1n) is 7.39. The number of halogens is 1. The molecule has 1 N–H and O–H groups in total. The zero-order valence-corrected chi connectivity index (χ0v) is 13.2. The molecule has 0 aromatic heterocycles. The molecule has 112 valence electrons. The average Bonchev–Trinajstić information content (AvgIpc) is 2.50. The fourth-order valence-electron chi connectivity index (χ4n) is 3.20. The number of nitrogens with one attached hydrogen (secondary N) is 1. The average molecular weight is 279 g/mol. The molecule has 2 atom stereocenters. The molecule has 2 nitrogen and oxygen atoms in total. The number of hydrogen-bond acceptors (Lipinski definition) is 2. The Bertz CT molecular complexity index is 453. The predicted molar refractivity (Wildman–Crippen MR) is 80.3 cm³/mol. The van der Waals surface area contributed by atoms with Crippen LogP contribution in [0.2, 0.25) is 0 Å². The van der Waals surface area contributed by atoms with E-state index in [-0.39, 0.29) is 17.0 Å². The minimum Gasteiger partial charge on any atom is -0.368 e. The number of hydrogen-bond donors (Lipinski definition) is 1. The zero-order valence-electron chi connectivity index (χ0n) is 13.2. The van der Waals surface area contributed by atoms with E-state index in [1.165, 1.54) is 12.1 Å². The van der Waals surface area contributed by atoms with Gasteiger partial charge in [0.25, 0.3) is 0 Å². The second-order valence-electron chi connectivity index (χ2n) is 7.12. The van der Waals surface area contributed by atoms with Gasteiger partial charge in [0.2, 0.25) is 0 Å². The SMILES string of the molecule is CC(Cc1ccc(F)cc1)NC1CC(C)(C)OC1(C)C. The van der Waals surface area contributed by atoms with Gasteiger partial charge in [-0.2, -0.15) is 0 Å². The molecule has 20 heavy (non-hydrogen) atoms. The molecule has 1 aliphatic rings. The lowest BCUT2D eigenvalue weighted by Crippen LogP contribution is -2.47. The van der Waals surface area contributed by atoms with Crippen molar-refractivity contribution in [1.29, 1.82) is 0 Å². The van der Waals surface area contributed by atoms with E-state index in [2.05, 4.69) is 39.9 Å². The first-order chi connectivity index (χ1) is 9.18. The molecular formula is C17H26FNO. The van der Waals surface area contributed by atoms with Crippen molar-refractivity contribution in [2.45, 2.75) is 70.7 Å². The molecule has 0 saturated carbocycles. The van der Waals surface area contributed by atoms with Crippen LogP contribution in [-0.2, 0) is 11.2 Å². The van der Waals surface area contributed by atoms with Gasteiger partial charge in [0.15, 0.2) is 0 Å². The first-order valence-corrected chi connectivity index (χ1v) is 7.39. The molecule has 3 heteroatoms. The minimum atomic E-state index is -0.179. The van der Waals surface area contributed by atoms with Crippen molar-refractivity contribution in [3.05, 3.63) is 35.6 Å². The molecule has 0 aliphatic carbocycles. The van der Waals surface area contributed by atoms with Crippen molar-refractivity contribution < 1.29 is 9.13 Å². The summed E-state index contributed by atoms with van der Waals surface area (Å²) in [5, 5.41) is 3.67. The molecule has 0 radical (unpaired) electrons. The molecule has 1 heterocycles. The van der Waals surface area contributed by atoms with Crippen molar-refractivity contribution in [1.82, 2.24) is 5.32 Å². The number of rotatable bonds is 4. The molecule has 1 fully saturated rings. The lowest BCUT2D eigenvalue weighted by molar-refractivity contribution is -0.0703. The van der Waals surface area contributed by atoms with Crippen LogP contribution >= 0.6 is 0 Å². The lowest BCUT2D eigenvalue weighted by atomic mass is 9.93. The summed E-state index contributed by atoms with van der Waals surface area (Å²) in [7, 11) is 0. The largest absolute Gasteiger partial charge is 0.368 e. The van der Waals surface area contributed by atoms with Crippen molar-refractivity contribution in [2.24, 2.45) is 0 Å². The highest BCUT2D eigenvalue weighted by Crippen LogP contribution is 2.37. The zero-order chi connectivity index (χ0) is 15.0. The summed E-state index contributed by atoms with van der Waals surface area (Å²) in [5.74, 6) is -0.179. The molecule has 0 amide bonds. The third kappa shape index (κ3) is 3.80. The summed E-state index contributed by atoms with van der Waals surface area (Å²) >= 11 is 0. The maximum Gasteiger partial charge on any atom is 0.123 e. The van der Waals surface area contributed by atoms with E-state index < -0.39 is 0 Å². The van der Waals surface area contributed by atoms with E-state index in [9.17, 15) is 4.39 Å². The molecule has 1 saturated heterocycles. The van der Waals surface area contributed by atoms with Gasteiger partial charge in [-0.1, -0.05) is 12.1 Å². The normalized spacial score (nSPS) is 25.6. The van der Waals surface area contributed by atoms with Gasteiger partial charge in [0.05, 0.1) is 11.2 Å². The van der Waals surface area contributed by atoms with Crippen LogP contribution in [0.5, 0.6) is 0 Å². The molecule has 2 rings (SSSR count). The highest BCUT2D eigenvalue weighted by atomic mass is 19.1. The summed E-state index contributed by atoms with van der Waals surface area (Å²) in [6, 6.07) is 7.43. The van der Waals surface area contributed by atoms with Crippen LogP contribution in [-0.4, -0.2) is 23.3 Å². The second-order valence-corrected chi connectivity index (χ2v) is 7.12. The van der Waals surface area contributed by atoms with Crippen LogP contribution in [0.15, 0.2) is 24.3 Å². The lowest BCUT2D eigenvalue weighted by Gasteiger charge is -2.30. The smallest absolute Gasteiger partial charge is 0.123 e. The van der Waals surface area contributed by atoms with E-state index in [1.807, 2.05) is 12.1 Å². The summed E-state index contributed by atoms with van der Waals surface area (Å²) in [5.41, 5.74) is 0.930. The van der Waals surface area contributed by atoms with E-state index in [0.29, 0.717) is 12.1 Å². The number of benzene rings is 1. The minimum absolute atomic E-state index is 0.0727.